The van der Waals surface area contributed by atoms with Gasteiger partial charge in [-0.05, 0) is 58.5 Å². The van der Waals surface area contributed by atoms with E-state index in [9.17, 15) is 5.11 Å². The van der Waals surface area contributed by atoms with Crippen LogP contribution < -0.4 is 20.1 Å². The van der Waals surface area contributed by atoms with Crippen molar-refractivity contribution in [2.75, 3.05) is 25.1 Å². The van der Waals surface area contributed by atoms with E-state index in [1.165, 1.54) is 11.1 Å². The van der Waals surface area contributed by atoms with E-state index in [0.29, 0.717) is 28.6 Å². The Kier molecular flexibility index (Phi) is 8.36. The molecule has 0 radical (unpaired) electrons. The van der Waals surface area contributed by atoms with Crippen LogP contribution in [-0.2, 0) is 6.42 Å². The van der Waals surface area contributed by atoms with Gasteiger partial charge in [-0.15, -0.1) is 6.42 Å². The van der Waals surface area contributed by atoms with Gasteiger partial charge in [0.1, 0.15) is 18.5 Å². The van der Waals surface area contributed by atoms with Crippen LogP contribution in [0.5, 0.6) is 11.6 Å². The third-order valence-corrected chi connectivity index (χ3v) is 6.05. The van der Waals surface area contributed by atoms with Crippen LogP contribution in [0.1, 0.15) is 30.0 Å². The van der Waals surface area contributed by atoms with Crippen LogP contribution in [0.2, 0.25) is 0 Å². The number of halogens is 1. The summed E-state index contributed by atoms with van der Waals surface area (Å²) in [6.45, 7) is 0.761. The van der Waals surface area contributed by atoms with Crippen molar-refractivity contribution in [2.24, 2.45) is 0 Å². The van der Waals surface area contributed by atoms with Gasteiger partial charge in [-0.25, -0.2) is 4.98 Å². The molecule has 1 aliphatic rings. The lowest BCUT2D eigenvalue weighted by atomic mass is 9.88. The molecule has 2 aromatic carbocycles. The summed E-state index contributed by atoms with van der Waals surface area (Å²) in [7, 11) is 0. The largest absolute Gasteiger partial charge is 0.491 e. The maximum Gasteiger partial charge on any atom is 0.233 e. The van der Waals surface area contributed by atoms with Crippen molar-refractivity contribution in [1.29, 1.82) is 0 Å². The van der Waals surface area contributed by atoms with Crippen LogP contribution in [0.3, 0.4) is 0 Å². The van der Waals surface area contributed by atoms with E-state index in [4.69, 9.17) is 15.9 Å². The minimum absolute atomic E-state index is 0.114. The number of aryl methyl sites for hydroxylation is 1. The average molecular weight is 523 g/mol. The molecular formula is C26H27BrN4O3. The minimum atomic E-state index is -0.628. The lowest BCUT2D eigenvalue weighted by Crippen LogP contribution is -2.35. The molecular weight excluding hydrogens is 496 g/mol. The number of aliphatic hydroxyl groups is 1. The maximum atomic E-state index is 10.5. The van der Waals surface area contributed by atoms with Crippen LogP contribution in [0.15, 0.2) is 59.2 Å². The van der Waals surface area contributed by atoms with Crippen molar-refractivity contribution in [1.82, 2.24) is 15.3 Å². The lowest BCUT2D eigenvalue weighted by molar-refractivity contribution is 0.103. The van der Waals surface area contributed by atoms with Gasteiger partial charge in [-0.3, -0.25) is 0 Å². The number of aliphatic hydroxyl groups excluding tert-OH is 1. The second kappa shape index (κ2) is 11.8. The second-order valence-corrected chi connectivity index (χ2v) is 8.86. The first-order chi connectivity index (χ1) is 16.6. The molecule has 3 aromatic rings. The normalized spacial score (nSPS) is 15.6. The van der Waals surface area contributed by atoms with Crippen LogP contribution in [0, 0.1) is 12.3 Å². The molecule has 2 atom stereocenters. The van der Waals surface area contributed by atoms with E-state index in [0.717, 1.165) is 24.9 Å². The fraction of sp³-hybridized carbons (Fsp3) is 0.308. The van der Waals surface area contributed by atoms with E-state index in [1.54, 1.807) is 6.20 Å². The van der Waals surface area contributed by atoms with Crippen LogP contribution in [0.4, 0.5) is 11.6 Å². The zero-order valence-electron chi connectivity index (χ0n) is 18.7. The molecule has 8 heteroatoms. The number of nitrogens with zero attached hydrogens (tertiary/aromatic N) is 2. The lowest BCUT2D eigenvalue weighted by Gasteiger charge is -2.27. The Bertz CT molecular complexity index is 1150. The average Bonchev–Trinajstić information content (AvgIpc) is 2.86. The summed E-state index contributed by atoms with van der Waals surface area (Å²) in [6.07, 6.45) is 9.56. The Morgan fingerprint density at radius 2 is 2.09 bits per heavy atom. The third kappa shape index (κ3) is 6.48. The molecule has 1 aromatic heterocycles. The van der Waals surface area contributed by atoms with Crippen molar-refractivity contribution >= 4 is 27.6 Å². The van der Waals surface area contributed by atoms with Gasteiger partial charge in [0, 0.05) is 24.3 Å². The van der Waals surface area contributed by atoms with Gasteiger partial charge in [0.25, 0.3) is 0 Å². The minimum Gasteiger partial charge on any atom is -0.491 e. The fourth-order valence-electron chi connectivity index (χ4n) is 3.91. The van der Waals surface area contributed by atoms with E-state index < -0.39 is 6.10 Å². The van der Waals surface area contributed by atoms with Crippen molar-refractivity contribution in [3.05, 3.63) is 70.3 Å². The van der Waals surface area contributed by atoms with Gasteiger partial charge in [-0.2, -0.15) is 4.98 Å². The molecule has 0 bridgehead atoms. The maximum absolute atomic E-state index is 10.5. The molecule has 0 saturated carbocycles. The summed E-state index contributed by atoms with van der Waals surface area (Å²) in [6, 6.07) is 16.2. The molecule has 0 aliphatic heterocycles. The smallest absolute Gasteiger partial charge is 0.233 e. The summed E-state index contributed by atoms with van der Waals surface area (Å²) in [4.78, 5) is 8.56. The van der Waals surface area contributed by atoms with Gasteiger partial charge in [-0.1, -0.05) is 36.3 Å². The first-order valence-electron chi connectivity index (χ1n) is 11.2. The molecule has 1 aliphatic carbocycles. The van der Waals surface area contributed by atoms with Gasteiger partial charge in [0.2, 0.25) is 11.8 Å². The van der Waals surface area contributed by atoms with E-state index in [2.05, 4.69) is 66.7 Å². The first kappa shape index (κ1) is 24.0. The van der Waals surface area contributed by atoms with Crippen LogP contribution in [-0.4, -0.2) is 40.9 Å². The summed E-state index contributed by atoms with van der Waals surface area (Å²) in [5, 5.41) is 17.1. The molecule has 3 N–H and O–H groups in total. The zero-order valence-corrected chi connectivity index (χ0v) is 20.3. The predicted molar refractivity (Wildman–Crippen MR) is 135 cm³/mol. The summed E-state index contributed by atoms with van der Waals surface area (Å²) >= 11 is 3.34. The Balaban J connectivity index is 1.29. The van der Waals surface area contributed by atoms with Gasteiger partial charge < -0.3 is 25.2 Å². The highest BCUT2D eigenvalue weighted by Crippen LogP contribution is 2.29. The van der Waals surface area contributed by atoms with E-state index >= 15 is 0 Å². The Morgan fingerprint density at radius 1 is 1.21 bits per heavy atom. The predicted octanol–water partition coefficient (Wildman–Crippen LogP) is 4.40. The third-order valence-electron chi connectivity index (χ3n) is 5.51. The van der Waals surface area contributed by atoms with Crippen molar-refractivity contribution in [2.45, 2.75) is 31.4 Å². The van der Waals surface area contributed by atoms with Gasteiger partial charge in [0.05, 0.1) is 10.7 Å². The summed E-state index contributed by atoms with van der Waals surface area (Å²) in [5.74, 6) is 3.77. The number of terminal acetylenes is 1. The van der Waals surface area contributed by atoms with Crippen LogP contribution in [0.25, 0.3) is 0 Å². The molecule has 4 rings (SSSR count). The molecule has 1 unspecified atom stereocenters. The molecule has 7 nitrogen and oxygen atoms in total. The van der Waals surface area contributed by atoms with Crippen molar-refractivity contribution in [3.63, 3.8) is 0 Å². The fourth-order valence-corrected chi connectivity index (χ4v) is 4.22. The molecule has 1 heterocycles. The number of aromatic nitrogens is 2. The SMILES string of the molecule is C#CCOc1nc(Nc2cccc(OCC(O)CN[C@@H]3CCCc4ccccc43)c2)ncc1Br. The van der Waals surface area contributed by atoms with Gasteiger partial charge >= 0.3 is 0 Å². The molecule has 0 saturated heterocycles. The summed E-state index contributed by atoms with van der Waals surface area (Å²) in [5.41, 5.74) is 3.48. The summed E-state index contributed by atoms with van der Waals surface area (Å²) < 4.78 is 11.8. The number of rotatable bonds is 10. The highest BCUT2D eigenvalue weighted by atomic mass is 79.9. The number of anilines is 2. The van der Waals surface area contributed by atoms with E-state index in [-0.39, 0.29) is 19.3 Å². The van der Waals surface area contributed by atoms with Crippen LogP contribution >= 0.6 is 15.9 Å². The zero-order chi connectivity index (χ0) is 23.8. The highest BCUT2D eigenvalue weighted by molar-refractivity contribution is 9.10. The second-order valence-electron chi connectivity index (χ2n) is 8.01. The number of benzene rings is 2. The number of ether oxygens (including phenoxy) is 2. The highest BCUT2D eigenvalue weighted by Gasteiger charge is 2.20. The molecule has 0 spiro atoms. The standard InChI is InChI=1S/C26H27BrN4O3/c1-2-13-33-25-23(27)16-29-26(31-25)30-19-9-6-10-21(14-19)34-17-20(32)15-28-24-12-5-8-18-7-3-4-11-22(18)24/h1,3-4,6-7,9-11,14,16,20,24,28,32H,5,8,12-13,15,17H2,(H,29,30,31)/t20?,24-/m1/s1. The number of fused-ring (bicyclic) bond motifs is 1. The molecule has 0 amide bonds. The Morgan fingerprint density at radius 3 is 2.97 bits per heavy atom. The Labute approximate surface area is 208 Å². The topological polar surface area (TPSA) is 88.5 Å². The number of hydrogen-bond donors (Lipinski definition) is 3. The number of hydrogen-bond acceptors (Lipinski definition) is 7. The molecule has 0 fully saturated rings. The van der Waals surface area contributed by atoms with Crippen molar-refractivity contribution < 1.29 is 14.6 Å². The first-order valence-corrected chi connectivity index (χ1v) is 12.0. The molecule has 34 heavy (non-hydrogen) atoms. The molecule has 176 valence electrons. The monoisotopic (exact) mass is 522 g/mol. The van der Waals surface area contributed by atoms with Crippen molar-refractivity contribution in [3.8, 4) is 24.0 Å². The Hall–Kier alpha value is -3.12. The quantitative estimate of drug-likeness (QED) is 0.340. The van der Waals surface area contributed by atoms with Gasteiger partial charge in [0.15, 0.2) is 6.61 Å². The van der Waals surface area contributed by atoms with E-state index in [1.807, 2.05) is 24.3 Å². The number of nitrogens with one attached hydrogen (secondary N) is 2.